The van der Waals surface area contributed by atoms with Crippen LogP contribution in [0.15, 0.2) is 4.99 Å². The van der Waals surface area contributed by atoms with E-state index in [1.165, 1.54) is 37.4 Å². The summed E-state index contributed by atoms with van der Waals surface area (Å²) in [6, 6.07) is -0.400. The summed E-state index contributed by atoms with van der Waals surface area (Å²) in [5.74, 6) is 0. The Kier molecular flexibility index (Phi) is 6.29. The fourth-order valence-corrected chi connectivity index (χ4v) is 3.91. The number of rotatable bonds is 7. The van der Waals surface area contributed by atoms with Crippen molar-refractivity contribution in [3.8, 4) is 0 Å². The minimum Gasteiger partial charge on any atom is -0.394 e. The van der Waals surface area contributed by atoms with Gasteiger partial charge in [0, 0.05) is 0 Å². The maximum atomic E-state index is 10.0. The van der Waals surface area contributed by atoms with Crippen LogP contribution in [0.1, 0.15) is 45.4 Å². The van der Waals surface area contributed by atoms with Crippen molar-refractivity contribution in [2.45, 2.75) is 75.2 Å². The normalized spacial score (nSPS) is 36.8. The number of hydrogen-bond donors (Lipinski definition) is 3. The number of thioether (sulfide) groups is 1. The average molecular weight is 303 g/mol. The minimum atomic E-state index is -1.06. The summed E-state index contributed by atoms with van der Waals surface area (Å²) in [6.45, 7) is 1.91. The van der Waals surface area contributed by atoms with Crippen LogP contribution in [0.3, 0.4) is 0 Å². The maximum Gasteiger partial charge on any atom is 0.134 e. The molecule has 0 unspecified atom stereocenters. The van der Waals surface area contributed by atoms with Crippen molar-refractivity contribution >= 4 is 16.8 Å². The van der Waals surface area contributed by atoms with Crippen LogP contribution in [-0.4, -0.2) is 56.8 Å². The van der Waals surface area contributed by atoms with Gasteiger partial charge in [0.2, 0.25) is 0 Å². The molecule has 0 saturated carbocycles. The van der Waals surface area contributed by atoms with Gasteiger partial charge in [0.15, 0.2) is 0 Å². The lowest BCUT2D eigenvalue weighted by molar-refractivity contribution is -0.164. The van der Waals surface area contributed by atoms with E-state index in [0.717, 1.165) is 17.9 Å². The number of aliphatic imine (C=N–C) groups is 1. The molecule has 0 bridgehead atoms. The third-order valence-corrected chi connectivity index (χ3v) is 5.09. The average Bonchev–Trinajstić information content (AvgIpc) is 2.85. The molecule has 20 heavy (non-hydrogen) atoms. The molecule has 2 aliphatic rings. The smallest absolute Gasteiger partial charge is 0.134 e. The molecule has 0 amide bonds. The van der Waals surface area contributed by atoms with Crippen LogP contribution in [-0.2, 0) is 4.74 Å². The SMILES string of the molecule is CCCCCCCC1=N[C@@H]2[C@@H](O)[C@H](O)[C@@H](CO)O[C@@H]2S1. The molecule has 0 spiro atoms. The van der Waals surface area contributed by atoms with Gasteiger partial charge in [0.25, 0.3) is 0 Å². The molecule has 0 aliphatic carbocycles. The second kappa shape index (κ2) is 7.75. The number of hydrogen-bond acceptors (Lipinski definition) is 6. The van der Waals surface area contributed by atoms with Crippen molar-refractivity contribution in [1.82, 2.24) is 0 Å². The van der Waals surface area contributed by atoms with Crippen molar-refractivity contribution in [1.29, 1.82) is 0 Å². The summed E-state index contributed by atoms with van der Waals surface area (Å²) < 4.78 is 5.61. The third kappa shape index (κ3) is 3.74. The highest BCUT2D eigenvalue weighted by Gasteiger charge is 2.47. The van der Waals surface area contributed by atoms with E-state index >= 15 is 0 Å². The highest BCUT2D eigenvalue weighted by Crippen LogP contribution is 2.37. The summed E-state index contributed by atoms with van der Waals surface area (Å²) in [5, 5.41) is 30.0. The predicted octanol–water partition coefficient (Wildman–Crippen LogP) is 1.30. The first-order chi connectivity index (χ1) is 9.67. The monoisotopic (exact) mass is 303 g/mol. The van der Waals surface area contributed by atoms with E-state index in [0.29, 0.717) is 0 Å². The number of unbranched alkanes of at least 4 members (excludes halogenated alkanes) is 4. The van der Waals surface area contributed by atoms with Crippen molar-refractivity contribution in [2.24, 2.45) is 4.99 Å². The maximum absolute atomic E-state index is 10.0. The third-order valence-electron chi connectivity index (χ3n) is 3.89. The second-order valence-corrected chi connectivity index (χ2v) is 6.67. The van der Waals surface area contributed by atoms with Gasteiger partial charge in [-0.25, -0.2) is 0 Å². The molecular formula is C14H25NO4S. The fourth-order valence-electron chi connectivity index (χ4n) is 2.64. The van der Waals surface area contributed by atoms with Crippen molar-refractivity contribution in [2.75, 3.05) is 6.61 Å². The summed E-state index contributed by atoms with van der Waals surface area (Å²) in [7, 11) is 0. The Morgan fingerprint density at radius 3 is 2.60 bits per heavy atom. The lowest BCUT2D eigenvalue weighted by Crippen LogP contribution is -2.55. The zero-order chi connectivity index (χ0) is 14.5. The molecule has 6 heteroatoms. The highest BCUT2D eigenvalue weighted by atomic mass is 32.2. The Balaban J connectivity index is 1.81. The van der Waals surface area contributed by atoms with Crippen molar-refractivity contribution < 1.29 is 20.1 Å². The molecule has 0 aromatic heterocycles. The molecule has 2 rings (SSSR count). The molecule has 2 heterocycles. The molecule has 2 aliphatic heterocycles. The van der Waals surface area contributed by atoms with Crippen LogP contribution in [0.4, 0.5) is 0 Å². The zero-order valence-electron chi connectivity index (χ0n) is 11.9. The lowest BCUT2D eigenvalue weighted by atomic mass is 9.99. The lowest BCUT2D eigenvalue weighted by Gasteiger charge is -2.37. The highest BCUT2D eigenvalue weighted by molar-refractivity contribution is 8.14. The Labute approximate surface area is 124 Å². The van der Waals surface area contributed by atoms with Crippen LogP contribution in [0, 0.1) is 0 Å². The van der Waals surface area contributed by atoms with E-state index in [2.05, 4.69) is 11.9 Å². The Hall–Kier alpha value is -0.140. The molecule has 116 valence electrons. The van der Waals surface area contributed by atoms with Crippen LogP contribution in [0.25, 0.3) is 0 Å². The Morgan fingerprint density at radius 1 is 1.15 bits per heavy atom. The molecule has 0 aromatic rings. The van der Waals surface area contributed by atoms with Gasteiger partial charge in [0.1, 0.15) is 29.8 Å². The number of ether oxygens (including phenoxy) is 1. The van der Waals surface area contributed by atoms with Gasteiger partial charge in [-0.3, -0.25) is 4.99 Å². The first-order valence-corrected chi connectivity index (χ1v) is 8.41. The van der Waals surface area contributed by atoms with Gasteiger partial charge in [-0.15, -0.1) is 0 Å². The number of fused-ring (bicyclic) bond motifs is 1. The second-order valence-electron chi connectivity index (χ2n) is 5.50. The van der Waals surface area contributed by atoms with Gasteiger partial charge in [-0.2, -0.15) is 0 Å². The Morgan fingerprint density at radius 2 is 1.90 bits per heavy atom. The number of aliphatic hydroxyl groups is 3. The summed E-state index contributed by atoms with van der Waals surface area (Å²) in [6.07, 6.45) is 4.27. The number of nitrogens with zero attached hydrogens (tertiary/aromatic N) is 1. The van der Waals surface area contributed by atoms with Gasteiger partial charge in [-0.05, 0) is 12.8 Å². The quantitative estimate of drug-likeness (QED) is 0.618. The van der Waals surface area contributed by atoms with Crippen LogP contribution >= 0.6 is 11.8 Å². The van der Waals surface area contributed by atoms with Crippen molar-refractivity contribution in [3.63, 3.8) is 0 Å². The van der Waals surface area contributed by atoms with Gasteiger partial charge >= 0.3 is 0 Å². The van der Waals surface area contributed by atoms with Crippen LogP contribution < -0.4 is 0 Å². The van der Waals surface area contributed by atoms with E-state index < -0.39 is 24.4 Å². The molecule has 1 saturated heterocycles. The standard InChI is InChI=1S/C14H25NO4S/c1-2-3-4-5-6-7-10-15-11-13(18)12(17)9(8-16)19-14(11)20-10/h9,11-14,16-18H,2-8H2,1H3/t9-,11-,12-,13-,14-/m1/s1. The van der Waals surface area contributed by atoms with Crippen LogP contribution in [0.2, 0.25) is 0 Å². The predicted molar refractivity (Wildman–Crippen MR) is 80.0 cm³/mol. The minimum absolute atomic E-state index is 0.267. The van der Waals surface area contributed by atoms with E-state index in [-0.39, 0.29) is 12.0 Å². The molecule has 3 N–H and O–H groups in total. The van der Waals surface area contributed by atoms with E-state index in [1.54, 1.807) is 0 Å². The van der Waals surface area contributed by atoms with Gasteiger partial charge in [0.05, 0.1) is 11.7 Å². The van der Waals surface area contributed by atoms with E-state index in [4.69, 9.17) is 9.84 Å². The van der Waals surface area contributed by atoms with Gasteiger partial charge in [-0.1, -0.05) is 44.4 Å². The molecule has 0 aromatic carbocycles. The Bertz CT molecular complexity index is 339. The van der Waals surface area contributed by atoms with Crippen molar-refractivity contribution in [3.05, 3.63) is 0 Å². The molecule has 5 nitrogen and oxygen atoms in total. The van der Waals surface area contributed by atoms with Crippen LogP contribution in [0.5, 0.6) is 0 Å². The fraction of sp³-hybridized carbons (Fsp3) is 0.929. The zero-order valence-corrected chi connectivity index (χ0v) is 12.8. The molecule has 5 atom stereocenters. The van der Waals surface area contributed by atoms with Gasteiger partial charge < -0.3 is 20.1 Å². The summed E-state index contributed by atoms with van der Waals surface area (Å²) in [4.78, 5) is 4.49. The largest absolute Gasteiger partial charge is 0.394 e. The summed E-state index contributed by atoms with van der Waals surface area (Å²) >= 11 is 1.53. The topological polar surface area (TPSA) is 82.3 Å². The first kappa shape index (κ1) is 16.2. The number of aliphatic hydroxyl groups excluding tert-OH is 3. The molecule has 0 radical (unpaired) electrons. The first-order valence-electron chi connectivity index (χ1n) is 7.53. The van der Waals surface area contributed by atoms with E-state index in [9.17, 15) is 10.2 Å². The molecular weight excluding hydrogens is 278 g/mol. The molecule has 1 fully saturated rings. The summed E-state index contributed by atoms with van der Waals surface area (Å²) in [5.41, 5.74) is -0.267. The van der Waals surface area contributed by atoms with E-state index in [1.807, 2.05) is 0 Å².